The van der Waals surface area contributed by atoms with Gasteiger partial charge >= 0.3 is 0 Å². The standard InChI is InChI=1S/C26H21N3O3/c1-2-16-32-22-14-10-19(11-15-22)23-24(28-20-6-4-3-5-7-20)26(31)29(25(23)30)21-12-8-18(17-27)9-13-21/h3-15,28H,2,16H2,1H3. The van der Waals surface area contributed by atoms with Crippen LogP contribution < -0.4 is 15.0 Å². The van der Waals surface area contributed by atoms with E-state index >= 15 is 0 Å². The molecule has 4 rings (SSSR count). The first-order valence-electron chi connectivity index (χ1n) is 10.3. The minimum atomic E-state index is -0.454. The van der Waals surface area contributed by atoms with Crippen molar-refractivity contribution in [2.75, 3.05) is 16.8 Å². The van der Waals surface area contributed by atoms with E-state index in [1.165, 1.54) is 0 Å². The lowest BCUT2D eigenvalue weighted by atomic mass is 10.0. The molecule has 0 fully saturated rings. The average molecular weight is 423 g/mol. The van der Waals surface area contributed by atoms with Gasteiger partial charge in [0.25, 0.3) is 11.8 Å². The van der Waals surface area contributed by atoms with Crippen LogP contribution in [0.3, 0.4) is 0 Å². The van der Waals surface area contributed by atoms with Gasteiger partial charge in [-0.25, -0.2) is 4.90 Å². The fourth-order valence-corrected chi connectivity index (χ4v) is 3.44. The third-order valence-corrected chi connectivity index (χ3v) is 5.00. The molecule has 6 nitrogen and oxygen atoms in total. The second-order valence-electron chi connectivity index (χ2n) is 7.22. The van der Waals surface area contributed by atoms with Crippen LogP contribution in [-0.2, 0) is 9.59 Å². The molecule has 0 saturated heterocycles. The summed E-state index contributed by atoms with van der Waals surface area (Å²) >= 11 is 0. The maximum atomic E-state index is 13.4. The fraction of sp³-hybridized carbons (Fsp3) is 0.115. The molecular formula is C26H21N3O3. The van der Waals surface area contributed by atoms with Gasteiger partial charge in [0, 0.05) is 5.69 Å². The maximum Gasteiger partial charge on any atom is 0.282 e. The summed E-state index contributed by atoms with van der Waals surface area (Å²) in [5, 5.41) is 12.2. The molecule has 32 heavy (non-hydrogen) atoms. The van der Waals surface area contributed by atoms with Crippen molar-refractivity contribution in [3.63, 3.8) is 0 Å². The molecule has 0 spiro atoms. The summed E-state index contributed by atoms with van der Waals surface area (Å²) < 4.78 is 5.64. The number of para-hydroxylation sites is 1. The van der Waals surface area contributed by atoms with Gasteiger partial charge in [0.1, 0.15) is 11.4 Å². The summed E-state index contributed by atoms with van der Waals surface area (Å²) in [5.74, 6) is -0.181. The minimum absolute atomic E-state index is 0.202. The summed E-state index contributed by atoms with van der Waals surface area (Å²) in [6.45, 7) is 2.63. The van der Waals surface area contributed by atoms with E-state index in [2.05, 4.69) is 5.32 Å². The second-order valence-corrected chi connectivity index (χ2v) is 7.22. The summed E-state index contributed by atoms with van der Waals surface area (Å²) in [4.78, 5) is 27.9. The van der Waals surface area contributed by atoms with Gasteiger partial charge in [0.05, 0.1) is 29.5 Å². The van der Waals surface area contributed by atoms with Crippen LogP contribution in [0, 0.1) is 11.3 Å². The van der Waals surface area contributed by atoms with Gasteiger partial charge in [-0.2, -0.15) is 5.26 Å². The van der Waals surface area contributed by atoms with Gasteiger partial charge in [-0.05, 0) is 60.5 Å². The zero-order valence-corrected chi connectivity index (χ0v) is 17.5. The Morgan fingerprint density at radius 2 is 1.59 bits per heavy atom. The number of ether oxygens (including phenoxy) is 1. The van der Waals surface area contributed by atoms with E-state index in [-0.39, 0.29) is 11.3 Å². The highest BCUT2D eigenvalue weighted by molar-refractivity contribution is 6.46. The molecule has 0 atom stereocenters. The van der Waals surface area contributed by atoms with Crippen LogP contribution in [0.25, 0.3) is 5.57 Å². The molecule has 6 heteroatoms. The number of carbonyl (C=O) groups is 2. The van der Waals surface area contributed by atoms with E-state index in [9.17, 15) is 9.59 Å². The van der Waals surface area contributed by atoms with E-state index in [0.717, 1.165) is 11.3 Å². The highest BCUT2D eigenvalue weighted by Gasteiger charge is 2.40. The lowest BCUT2D eigenvalue weighted by Gasteiger charge is -2.15. The van der Waals surface area contributed by atoms with Crippen molar-refractivity contribution in [3.8, 4) is 11.8 Å². The summed E-state index contributed by atoms with van der Waals surface area (Å²) in [6, 6.07) is 24.8. The van der Waals surface area contributed by atoms with E-state index in [1.807, 2.05) is 43.3 Å². The van der Waals surface area contributed by atoms with Crippen molar-refractivity contribution in [3.05, 3.63) is 95.7 Å². The van der Waals surface area contributed by atoms with Crippen molar-refractivity contribution in [1.29, 1.82) is 5.26 Å². The van der Waals surface area contributed by atoms with Crippen LogP contribution in [0.2, 0.25) is 0 Å². The number of rotatable bonds is 7. The number of benzene rings is 3. The highest BCUT2D eigenvalue weighted by atomic mass is 16.5. The van der Waals surface area contributed by atoms with Crippen molar-refractivity contribution in [1.82, 2.24) is 0 Å². The highest BCUT2D eigenvalue weighted by Crippen LogP contribution is 2.34. The van der Waals surface area contributed by atoms with Gasteiger partial charge in [-0.15, -0.1) is 0 Å². The SMILES string of the molecule is CCCOc1ccc(C2=C(Nc3ccccc3)C(=O)N(c3ccc(C#N)cc3)C2=O)cc1. The summed E-state index contributed by atoms with van der Waals surface area (Å²) in [5.41, 5.74) is 2.65. The second kappa shape index (κ2) is 9.19. The molecule has 0 unspecified atom stereocenters. The molecule has 3 aromatic rings. The summed E-state index contributed by atoms with van der Waals surface area (Å²) in [6.07, 6.45) is 0.893. The number of anilines is 2. The number of nitrogens with one attached hydrogen (secondary N) is 1. The molecule has 1 aliphatic heterocycles. The molecule has 1 aliphatic rings. The molecule has 1 N–H and O–H groups in total. The molecule has 1 heterocycles. The minimum Gasteiger partial charge on any atom is -0.494 e. The predicted octanol–water partition coefficient (Wildman–Crippen LogP) is 4.74. The first-order valence-corrected chi connectivity index (χ1v) is 10.3. The van der Waals surface area contributed by atoms with E-state index in [0.29, 0.717) is 34.9 Å². The third kappa shape index (κ3) is 4.09. The van der Waals surface area contributed by atoms with Crippen molar-refractivity contribution >= 4 is 28.8 Å². The monoisotopic (exact) mass is 423 g/mol. The molecule has 158 valence electrons. The van der Waals surface area contributed by atoms with Crippen LogP contribution in [0.5, 0.6) is 5.75 Å². The number of nitrogens with zero attached hydrogens (tertiary/aromatic N) is 2. The third-order valence-electron chi connectivity index (χ3n) is 5.00. The van der Waals surface area contributed by atoms with Crippen molar-refractivity contribution in [2.45, 2.75) is 13.3 Å². The number of imide groups is 1. The molecule has 0 saturated carbocycles. The van der Waals surface area contributed by atoms with Crippen molar-refractivity contribution in [2.24, 2.45) is 0 Å². The topological polar surface area (TPSA) is 82.4 Å². The summed E-state index contributed by atoms with van der Waals surface area (Å²) in [7, 11) is 0. The zero-order valence-electron chi connectivity index (χ0n) is 17.5. The Kier molecular flexibility index (Phi) is 6.00. The first kappa shape index (κ1) is 20.9. The van der Waals surface area contributed by atoms with E-state index in [1.54, 1.807) is 48.5 Å². The Bertz CT molecular complexity index is 1210. The van der Waals surface area contributed by atoms with Gasteiger partial charge in [0.2, 0.25) is 0 Å². The Hall–Kier alpha value is -4.37. The van der Waals surface area contributed by atoms with Crippen LogP contribution in [0.1, 0.15) is 24.5 Å². The smallest absolute Gasteiger partial charge is 0.282 e. The Labute approximate surface area is 186 Å². The molecule has 0 bridgehead atoms. The zero-order chi connectivity index (χ0) is 22.5. The Morgan fingerprint density at radius 1 is 0.906 bits per heavy atom. The van der Waals surface area contributed by atoms with Gasteiger partial charge < -0.3 is 10.1 Å². The van der Waals surface area contributed by atoms with Gasteiger partial charge in [-0.3, -0.25) is 9.59 Å². The van der Waals surface area contributed by atoms with Gasteiger partial charge in [0.15, 0.2) is 0 Å². The average Bonchev–Trinajstić information content (AvgIpc) is 3.08. The Balaban J connectivity index is 1.74. The van der Waals surface area contributed by atoms with E-state index < -0.39 is 11.8 Å². The normalized spacial score (nSPS) is 13.3. The van der Waals surface area contributed by atoms with Crippen molar-refractivity contribution < 1.29 is 14.3 Å². The molecular weight excluding hydrogens is 402 g/mol. The first-order chi connectivity index (χ1) is 15.6. The van der Waals surface area contributed by atoms with Crippen LogP contribution >= 0.6 is 0 Å². The Morgan fingerprint density at radius 3 is 2.22 bits per heavy atom. The number of hydrogen-bond donors (Lipinski definition) is 1. The molecule has 0 aromatic heterocycles. The van der Waals surface area contributed by atoms with Crippen LogP contribution in [-0.4, -0.2) is 18.4 Å². The lowest BCUT2D eigenvalue weighted by molar-refractivity contribution is -0.120. The fourth-order valence-electron chi connectivity index (χ4n) is 3.44. The van der Waals surface area contributed by atoms with Gasteiger partial charge in [-0.1, -0.05) is 37.3 Å². The van der Waals surface area contributed by atoms with E-state index in [4.69, 9.17) is 10.00 Å². The van der Waals surface area contributed by atoms with Crippen LogP contribution in [0.15, 0.2) is 84.6 Å². The molecule has 3 aromatic carbocycles. The molecule has 0 radical (unpaired) electrons. The molecule has 2 amide bonds. The predicted molar refractivity (Wildman–Crippen MR) is 123 cm³/mol. The van der Waals surface area contributed by atoms with Crippen LogP contribution in [0.4, 0.5) is 11.4 Å². The number of carbonyl (C=O) groups excluding carboxylic acids is 2. The largest absolute Gasteiger partial charge is 0.494 e. The number of amides is 2. The number of hydrogen-bond acceptors (Lipinski definition) is 5. The lowest BCUT2D eigenvalue weighted by Crippen LogP contribution is -2.32. The molecule has 0 aliphatic carbocycles. The quantitative estimate of drug-likeness (QED) is 0.555. The maximum absolute atomic E-state index is 13.4. The number of nitriles is 1.